The molecule has 2 aromatic rings. The van der Waals surface area contributed by atoms with Crippen LogP contribution in [0.5, 0.6) is 0 Å². The lowest BCUT2D eigenvalue weighted by molar-refractivity contribution is 0.0601. The number of aryl methyl sites for hydroxylation is 1. The third-order valence-electron chi connectivity index (χ3n) is 3.74. The Hall–Kier alpha value is -2.40. The van der Waals surface area contributed by atoms with Crippen molar-refractivity contribution in [3.8, 4) is 0 Å². The van der Waals surface area contributed by atoms with Crippen molar-refractivity contribution in [1.29, 1.82) is 0 Å². The summed E-state index contributed by atoms with van der Waals surface area (Å²) in [6.45, 7) is 6.26. The lowest BCUT2D eigenvalue weighted by Gasteiger charge is -2.14. The van der Waals surface area contributed by atoms with Crippen LogP contribution in [0.2, 0.25) is 0 Å². The molecule has 5 heteroatoms. The number of methoxy groups -OCH3 is 1. The van der Waals surface area contributed by atoms with Crippen molar-refractivity contribution in [2.75, 3.05) is 17.7 Å². The Morgan fingerprint density at radius 3 is 2.33 bits per heavy atom. The predicted molar refractivity (Wildman–Crippen MR) is 103 cm³/mol. The van der Waals surface area contributed by atoms with Gasteiger partial charge in [0.1, 0.15) is 0 Å². The highest BCUT2D eigenvalue weighted by Gasteiger charge is 2.09. The average molecular weight is 342 g/mol. The van der Waals surface area contributed by atoms with Crippen molar-refractivity contribution in [2.24, 2.45) is 0 Å². The second-order valence-electron chi connectivity index (χ2n) is 5.88. The number of esters is 1. The van der Waals surface area contributed by atoms with Gasteiger partial charge in [-0.05, 0) is 60.5 Å². The summed E-state index contributed by atoms with van der Waals surface area (Å²) in [6, 6.07) is 13.5. The maximum absolute atomic E-state index is 11.6. The van der Waals surface area contributed by atoms with Gasteiger partial charge in [-0.2, -0.15) is 0 Å². The first-order valence-corrected chi connectivity index (χ1v) is 8.18. The molecule has 24 heavy (non-hydrogen) atoms. The second kappa shape index (κ2) is 7.93. The monoisotopic (exact) mass is 342 g/mol. The second-order valence-corrected chi connectivity index (χ2v) is 6.29. The van der Waals surface area contributed by atoms with Crippen LogP contribution in [0.4, 0.5) is 11.4 Å². The van der Waals surface area contributed by atoms with E-state index in [9.17, 15) is 4.79 Å². The molecule has 0 amide bonds. The summed E-state index contributed by atoms with van der Waals surface area (Å²) >= 11 is 5.36. The molecular formula is C19H22N2O2S. The number of thiocarbonyl (C=S) groups is 1. The van der Waals surface area contributed by atoms with E-state index >= 15 is 0 Å². The summed E-state index contributed by atoms with van der Waals surface area (Å²) in [5.41, 5.74) is 4.44. The summed E-state index contributed by atoms with van der Waals surface area (Å²) in [5, 5.41) is 6.75. The Labute approximate surface area is 148 Å². The molecular weight excluding hydrogens is 320 g/mol. The van der Waals surface area contributed by atoms with E-state index in [-0.39, 0.29) is 5.97 Å². The molecule has 126 valence electrons. The van der Waals surface area contributed by atoms with Gasteiger partial charge in [-0.3, -0.25) is 0 Å². The maximum atomic E-state index is 11.6. The number of benzene rings is 2. The van der Waals surface area contributed by atoms with Crippen LogP contribution in [0.3, 0.4) is 0 Å². The molecule has 0 saturated carbocycles. The molecule has 0 atom stereocenters. The van der Waals surface area contributed by atoms with Gasteiger partial charge in [-0.25, -0.2) is 4.79 Å². The zero-order valence-electron chi connectivity index (χ0n) is 14.3. The quantitative estimate of drug-likeness (QED) is 0.622. The first kappa shape index (κ1) is 17.9. The maximum Gasteiger partial charge on any atom is 0.337 e. The minimum atomic E-state index is -0.374. The normalized spacial score (nSPS) is 10.4. The Morgan fingerprint density at radius 1 is 1.08 bits per heavy atom. The first-order chi connectivity index (χ1) is 11.4. The van der Waals surface area contributed by atoms with Gasteiger partial charge in [0.05, 0.1) is 12.7 Å². The fourth-order valence-electron chi connectivity index (χ4n) is 2.24. The molecule has 0 heterocycles. The smallest absolute Gasteiger partial charge is 0.337 e. The number of rotatable bonds is 4. The lowest BCUT2D eigenvalue weighted by Crippen LogP contribution is -2.20. The average Bonchev–Trinajstić information content (AvgIpc) is 2.56. The lowest BCUT2D eigenvalue weighted by atomic mass is 10.0. The van der Waals surface area contributed by atoms with Gasteiger partial charge in [0.15, 0.2) is 5.11 Å². The van der Waals surface area contributed by atoms with E-state index in [0.29, 0.717) is 16.6 Å². The number of hydrogen-bond acceptors (Lipinski definition) is 3. The summed E-state index contributed by atoms with van der Waals surface area (Å²) in [4.78, 5) is 11.6. The molecule has 0 fully saturated rings. The Kier molecular flexibility index (Phi) is 5.93. The molecule has 0 aliphatic carbocycles. The highest BCUT2D eigenvalue weighted by atomic mass is 32.1. The fraction of sp³-hybridized carbons (Fsp3) is 0.263. The minimum absolute atomic E-state index is 0.374. The molecule has 0 aromatic heterocycles. The summed E-state index contributed by atoms with van der Waals surface area (Å²) in [5.74, 6) is 0.119. The predicted octanol–water partition coefficient (Wildman–Crippen LogP) is 4.71. The Bertz CT molecular complexity index is 740. The van der Waals surface area contributed by atoms with Gasteiger partial charge < -0.3 is 15.4 Å². The summed E-state index contributed by atoms with van der Waals surface area (Å²) in [7, 11) is 1.36. The van der Waals surface area contributed by atoms with Crippen LogP contribution >= 0.6 is 12.2 Å². The number of carbonyl (C=O) groups excluding carboxylic acids is 1. The van der Waals surface area contributed by atoms with Crippen LogP contribution < -0.4 is 10.6 Å². The molecule has 2 N–H and O–H groups in total. The van der Waals surface area contributed by atoms with Gasteiger partial charge >= 0.3 is 5.97 Å². The van der Waals surface area contributed by atoms with E-state index in [1.165, 1.54) is 12.7 Å². The zero-order valence-corrected chi connectivity index (χ0v) is 15.2. The minimum Gasteiger partial charge on any atom is -0.465 e. The third-order valence-corrected chi connectivity index (χ3v) is 3.95. The van der Waals surface area contributed by atoms with Crippen LogP contribution in [0.15, 0.2) is 42.5 Å². The van der Waals surface area contributed by atoms with Gasteiger partial charge in [0, 0.05) is 11.4 Å². The van der Waals surface area contributed by atoms with Gasteiger partial charge in [-0.15, -0.1) is 0 Å². The van der Waals surface area contributed by atoms with E-state index in [1.807, 2.05) is 25.1 Å². The molecule has 0 bridgehead atoms. The van der Waals surface area contributed by atoms with Gasteiger partial charge in [-0.1, -0.05) is 32.0 Å². The van der Waals surface area contributed by atoms with Crippen LogP contribution in [-0.4, -0.2) is 18.2 Å². The molecule has 0 unspecified atom stereocenters. The number of anilines is 2. The first-order valence-electron chi connectivity index (χ1n) is 7.77. The van der Waals surface area contributed by atoms with Crippen molar-refractivity contribution in [2.45, 2.75) is 26.7 Å². The number of carbonyl (C=O) groups is 1. The van der Waals surface area contributed by atoms with E-state index in [1.54, 1.807) is 12.1 Å². The van der Waals surface area contributed by atoms with Crippen molar-refractivity contribution in [1.82, 2.24) is 0 Å². The standard InChI is InChI=1S/C19H22N2O2S/c1-12(2)14-7-9-16(10-8-14)20-19(24)21-17-11-15(18(22)23-4)6-5-13(17)3/h5-12H,1-4H3,(H2,20,21,24). The van der Waals surface area contributed by atoms with E-state index in [0.717, 1.165) is 16.9 Å². The van der Waals surface area contributed by atoms with Crippen molar-refractivity contribution in [3.05, 3.63) is 59.2 Å². The molecule has 2 rings (SSSR count). The van der Waals surface area contributed by atoms with Crippen molar-refractivity contribution in [3.63, 3.8) is 0 Å². The van der Waals surface area contributed by atoms with Gasteiger partial charge in [0.25, 0.3) is 0 Å². The zero-order chi connectivity index (χ0) is 17.7. The highest BCUT2D eigenvalue weighted by molar-refractivity contribution is 7.80. The van der Waals surface area contributed by atoms with Crippen LogP contribution in [0.1, 0.15) is 41.3 Å². The van der Waals surface area contributed by atoms with E-state index < -0.39 is 0 Å². The van der Waals surface area contributed by atoms with Crippen LogP contribution in [0, 0.1) is 6.92 Å². The Morgan fingerprint density at radius 2 is 1.75 bits per heavy atom. The molecule has 2 aromatic carbocycles. The largest absolute Gasteiger partial charge is 0.465 e. The fourth-order valence-corrected chi connectivity index (χ4v) is 2.47. The molecule has 0 spiro atoms. The van der Waals surface area contributed by atoms with E-state index in [2.05, 4.69) is 36.6 Å². The molecule has 0 saturated heterocycles. The summed E-state index contributed by atoms with van der Waals surface area (Å²) < 4.78 is 4.75. The number of nitrogens with one attached hydrogen (secondary N) is 2. The topological polar surface area (TPSA) is 50.4 Å². The third kappa shape index (κ3) is 4.55. The Balaban J connectivity index is 2.08. The van der Waals surface area contributed by atoms with E-state index in [4.69, 9.17) is 17.0 Å². The van der Waals surface area contributed by atoms with Crippen molar-refractivity contribution < 1.29 is 9.53 Å². The highest BCUT2D eigenvalue weighted by Crippen LogP contribution is 2.20. The molecule has 0 radical (unpaired) electrons. The molecule has 0 aliphatic heterocycles. The van der Waals surface area contributed by atoms with Crippen molar-refractivity contribution >= 4 is 34.7 Å². The molecule has 0 aliphatic rings. The summed E-state index contributed by atoms with van der Waals surface area (Å²) in [6.07, 6.45) is 0. The SMILES string of the molecule is COC(=O)c1ccc(C)c(NC(=S)Nc2ccc(C(C)C)cc2)c1. The van der Waals surface area contributed by atoms with Crippen LogP contribution in [0.25, 0.3) is 0 Å². The van der Waals surface area contributed by atoms with Crippen LogP contribution in [-0.2, 0) is 4.74 Å². The number of ether oxygens (including phenoxy) is 1. The van der Waals surface area contributed by atoms with Gasteiger partial charge in [0.2, 0.25) is 0 Å². The molecule has 4 nitrogen and oxygen atoms in total. The number of hydrogen-bond donors (Lipinski definition) is 2.